The highest BCUT2D eigenvalue weighted by atomic mass is 32.2. The van der Waals surface area contributed by atoms with Crippen molar-refractivity contribution in [2.24, 2.45) is 0 Å². The minimum atomic E-state index is -3.83. The normalized spacial score (nSPS) is 12.9. The molecule has 1 unspecified atom stereocenters. The number of rotatable bonds is 5. The summed E-state index contributed by atoms with van der Waals surface area (Å²) in [5.74, 6) is -0.670. The number of carbonyl (C=O) groups is 1. The molecular formula is C13H14N2O4S2. The molecule has 0 aliphatic carbocycles. The van der Waals surface area contributed by atoms with Crippen molar-refractivity contribution in [3.05, 3.63) is 46.4 Å². The van der Waals surface area contributed by atoms with Crippen LogP contribution in [0.2, 0.25) is 0 Å². The van der Waals surface area contributed by atoms with Gasteiger partial charge >= 0.3 is 5.97 Å². The van der Waals surface area contributed by atoms with Crippen molar-refractivity contribution in [3.63, 3.8) is 0 Å². The number of hydrogen-bond acceptors (Lipinski definition) is 6. The van der Waals surface area contributed by atoms with E-state index in [-0.39, 0.29) is 9.77 Å². The average Bonchev–Trinajstić information content (AvgIpc) is 2.97. The predicted molar refractivity (Wildman–Crippen MR) is 78.6 cm³/mol. The molecular weight excluding hydrogens is 312 g/mol. The van der Waals surface area contributed by atoms with Gasteiger partial charge < -0.3 is 4.74 Å². The van der Waals surface area contributed by atoms with Gasteiger partial charge in [0.1, 0.15) is 9.77 Å². The van der Waals surface area contributed by atoms with E-state index >= 15 is 0 Å². The Morgan fingerprint density at radius 1 is 1.38 bits per heavy atom. The Hall–Kier alpha value is -1.77. The third-order valence-corrected chi connectivity index (χ3v) is 5.36. The van der Waals surface area contributed by atoms with Crippen LogP contribution in [-0.2, 0) is 14.8 Å². The third kappa shape index (κ3) is 3.46. The van der Waals surface area contributed by atoms with E-state index in [1.54, 1.807) is 31.3 Å². The fourth-order valence-corrected chi connectivity index (χ4v) is 4.29. The van der Waals surface area contributed by atoms with Crippen LogP contribution in [0.4, 0.5) is 0 Å². The molecule has 1 N–H and O–H groups in total. The maximum Gasteiger partial charge on any atom is 0.349 e. The Kier molecular flexibility index (Phi) is 4.71. The molecule has 0 aliphatic rings. The van der Waals surface area contributed by atoms with E-state index in [0.717, 1.165) is 11.3 Å². The van der Waals surface area contributed by atoms with Crippen LogP contribution in [-0.4, -0.2) is 26.5 Å². The van der Waals surface area contributed by atoms with Crippen LogP contribution < -0.4 is 4.72 Å². The quantitative estimate of drug-likeness (QED) is 0.849. The number of methoxy groups -OCH3 is 1. The standard InChI is InChI=1S/C13H14N2O4S2/c1-9(10-5-3-4-7-14-10)15-21(17,18)11-6-8-20-12(11)13(16)19-2/h3-9,15H,1-2H3. The van der Waals surface area contributed by atoms with Crippen LogP contribution in [0.3, 0.4) is 0 Å². The summed E-state index contributed by atoms with van der Waals surface area (Å²) in [5.41, 5.74) is 0.593. The Morgan fingerprint density at radius 3 is 2.76 bits per heavy atom. The van der Waals surface area contributed by atoms with Gasteiger partial charge in [-0.2, -0.15) is 0 Å². The molecule has 2 rings (SSSR count). The lowest BCUT2D eigenvalue weighted by molar-refractivity contribution is 0.0602. The number of sulfonamides is 1. The monoisotopic (exact) mass is 326 g/mol. The molecule has 6 nitrogen and oxygen atoms in total. The van der Waals surface area contributed by atoms with Crippen molar-refractivity contribution in [3.8, 4) is 0 Å². The van der Waals surface area contributed by atoms with Crippen molar-refractivity contribution in [2.45, 2.75) is 17.9 Å². The van der Waals surface area contributed by atoms with E-state index in [4.69, 9.17) is 0 Å². The Balaban J connectivity index is 2.27. The minimum Gasteiger partial charge on any atom is -0.465 e. The molecule has 8 heteroatoms. The van der Waals surface area contributed by atoms with Crippen LogP contribution in [0, 0.1) is 0 Å². The topological polar surface area (TPSA) is 85.4 Å². The molecule has 112 valence electrons. The van der Waals surface area contributed by atoms with Crippen molar-refractivity contribution >= 4 is 27.3 Å². The van der Waals surface area contributed by atoms with Crippen molar-refractivity contribution < 1.29 is 17.9 Å². The lowest BCUT2D eigenvalue weighted by Crippen LogP contribution is -2.28. The van der Waals surface area contributed by atoms with E-state index < -0.39 is 22.0 Å². The zero-order valence-electron chi connectivity index (χ0n) is 11.4. The number of aromatic nitrogens is 1. The van der Waals surface area contributed by atoms with Crippen LogP contribution >= 0.6 is 11.3 Å². The number of nitrogens with zero attached hydrogens (tertiary/aromatic N) is 1. The van der Waals surface area contributed by atoms with Crippen LogP contribution in [0.1, 0.15) is 28.3 Å². The largest absolute Gasteiger partial charge is 0.465 e. The average molecular weight is 326 g/mol. The summed E-state index contributed by atoms with van der Waals surface area (Å²) >= 11 is 1.02. The molecule has 0 saturated heterocycles. The number of hydrogen-bond donors (Lipinski definition) is 1. The molecule has 0 spiro atoms. The highest BCUT2D eigenvalue weighted by molar-refractivity contribution is 7.89. The van der Waals surface area contributed by atoms with Crippen LogP contribution in [0.25, 0.3) is 0 Å². The number of carbonyl (C=O) groups excluding carboxylic acids is 1. The van der Waals surface area contributed by atoms with Crippen molar-refractivity contribution in [1.29, 1.82) is 0 Å². The van der Waals surface area contributed by atoms with Gasteiger partial charge in [0.15, 0.2) is 0 Å². The first-order valence-electron chi connectivity index (χ1n) is 6.05. The maximum atomic E-state index is 12.4. The van der Waals surface area contributed by atoms with E-state index in [9.17, 15) is 13.2 Å². The highest BCUT2D eigenvalue weighted by Crippen LogP contribution is 2.24. The third-order valence-electron chi connectivity index (χ3n) is 2.75. The molecule has 2 aromatic heterocycles. The second-order valence-corrected chi connectivity index (χ2v) is 6.80. The summed E-state index contributed by atoms with van der Waals surface area (Å²) in [6.45, 7) is 1.68. The second kappa shape index (κ2) is 6.33. The summed E-state index contributed by atoms with van der Waals surface area (Å²) < 4.78 is 31.8. The molecule has 0 radical (unpaired) electrons. The minimum absolute atomic E-state index is 0.0539. The first-order chi connectivity index (χ1) is 9.95. The molecule has 2 aromatic rings. The number of thiophene rings is 1. The molecule has 21 heavy (non-hydrogen) atoms. The molecule has 0 bridgehead atoms. The molecule has 1 atom stereocenters. The lowest BCUT2D eigenvalue weighted by Gasteiger charge is -2.13. The molecule has 2 heterocycles. The SMILES string of the molecule is COC(=O)c1sccc1S(=O)(=O)NC(C)c1ccccn1. The van der Waals surface area contributed by atoms with E-state index in [2.05, 4.69) is 14.4 Å². The first-order valence-corrected chi connectivity index (χ1v) is 8.41. The lowest BCUT2D eigenvalue weighted by atomic mass is 10.2. The van der Waals surface area contributed by atoms with Gasteiger partial charge in [-0.25, -0.2) is 17.9 Å². The Morgan fingerprint density at radius 2 is 2.14 bits per heavy atom. The van der Waals surface area contributed by atoms with Crippen molar-refractivity contribution in [1.82, 2.24) is 9.71 Å². The van der Waals surface area contributed by atoms with E-state index in [1.807, 2.05) is 0 Å². The molecule has 0 aliphatic heterocycles. The van der Waals surface area contributed by atoms with Gasteiger partial charge in [0.2, 0.25) is 10.0 Å². The molecule has 0 aromatic carbocycles. The van der Waals surface area contributed by atoms with Gasteiger partial charge in [-0.15, -0.1) is 11.3 Å². The fourth-order valence-electron chi connectivity index (χ4n) is 1.74. The van der Waals surface area contributed by atoms with Gasteiger partial charge in [0.25, 0.3) is 0 Å². The molecule has 0 fully saturated rings. The van der Waals surface area contributed by atoms with Crippen LogP contribution in [0.15, 0.2) is 40.7 Å². The smallest absolute Gasteiger partial charge is 0.349 e. The van der Waals surface area contributed by atoms with Gasteiger partial charge in [-0.3, -0.25) is 4.98 Å². The summed E-state index contributed by atoms with van der Waals surface area (Å²) in [7, 11) is -2.62. The van der Waals surface area contributed by atoms with Gasteiger partial charge in [-0.1, -0.05) is 6.07 Å². The fraction of sp³-hybridized carbons (Fsp3) is 0.231. The number of ether oxygens (including phenoxy) is 1. The van der Waals surface area contributed by atoms with E-state index in [0.29, 0.717) is 5.69 Å². The first kappa shape index (κ1) is 15.6. The maximum absolute atomic E-state index is 12.4. The summed E-state index contributed by atoms with van der Waals surface area (Å²) in [4.78, 5) is 15.7. The molecule has 0 amide bonds. The molecule has 0 saturated carbocycles. The predicted octanol–water partition coefficient (Wildman–Crippen LogP) is 1.97. The summed E-state index contributed by atoms with van der Waals surface area (Å²) in [6, 6.07) is 6.12. The zero-order valence-corrected chi connectivity index (χ0v) is 13.1. The van der Waals surface area contributed by atoms with Crippen molar-refractivity contribution in [2.75, 3.05) is 7.11 Å². The van der Waals surface area contributed by atoms with Crippen LogP contribution in [0.5, 0.6) is 0 Å². The number of nitrogens with one attached hydrogen (secondary N) is 1. The van der Waals surface area contributed by atoms with Gasteiger partial charge in [-0.05, 0) is 30.5 Å². The number of pyridine rings is 1. The van der Waals surface area contributed by atoms with Gasteiger partial charge in [0, 0.05) is 6.20 Å². The van der Waals surface area contributed by atoms with Gasteiger partial charge in [0.05, 0.1) is 18.8 Å². The second-order valence-electron chi connectivity index (χ2n) is 4.20. The Bertz CT molecular complexity index is 726. The Labute approximate surface area is 126 Å². The summed E-state index contributed by atoms with van der Waals surface area (Å²) in [6.07, 6.45) is 1.59. The summed E-state index contributed by atoms with van der Waals surface area (Å²) in [5, 5.41) is 1.53. The number of esters is 1. The highest BCUT2D eigenvalue weighted by Gasteiger charge is 2.26. The van der Waals surface area contributed by atoms with E-state index in [1.165, 1.54) is 18.6 Å². The zero-order chi connectivity index (χ0) is 15.5.